The molecule has 0 aliphatic heterocycles. The number of hydrogen-bond donors (Lipinski definition) is 1. The van der Waals surface area contributed by atoms with Crippen molar-refractivity contribution in [3.8, 4) is 11.4 Å². The number of rotatable bonds is 2. The molecule has 1 amide bonds. The first-order valence-corrected chi connectivity index (χ1v) is 6.90. The summed E-state index contributed by atoms with van der Waals surface area (Å²) in [4.78, 5) is 13.7. The first kappa shape index (κ1) is 12.9. The van der Waals surface area contributed by atoms with E-state index < -0.39 is 0 Å². The van der Waals surface area contributed by atoms with Crippen molar-refractivity contribution in [2.24, 2.45) is 7.05 Å². The number of fused-ring (bicyclic) bond motifs is 1. The van der Waals surface area contributed by atoms with E-state index in [0.717, 1.165) is 18.5 Å². The van der Waals surface area contributed by atoms with E-state index in [9.17, 15) is 4.79 Å². The average molecular weight is 273 g/mol. The van der Waals surface area contributed by atoms with Crippen LogP contribution in [0.2, 0.25) is 0 Å². The number of aromatic amines is 1. The third kappa shape index (κ3) is 1.92. The van der Waals surface area contributed by atoms with E-state index in [-0.39, 0.29) is 5.91 Å². The summed E-state index contributed by atoms with van der Waals surface area (Å²) in [5.41, 5.74) is 4.72. The molecule has 0 aromatic carbocycles. The van der Waals surface area contributed by atoms with Crippen molar-refractivity contribution in [3.05, 3.63) is 23.0 Å². The lowest BCUT2D eigenvalue weighted by molar-refractivity contribution is 0.0822. The number of H-pyrrole nitrogens is 1. The highest BCUT2D eigenvalue weighted by atomic mass is 16.2. The maximum absolute atomic E-state index is 12.1. The molecule has 0 radical (unpaired) electrons. The molecule has 6 heteroatoms. The van der Waals surface area contributed by atoms with Gasteiger partial charge in [-0.05, 0) is 37.3 Å². The molecular weight excluding hydrogens is 254 g/mol. The standard InChI is InChI=1S/C14H19N5O/c1-18(2)14(20)13-12(15-17-16-13)11-8-9-6-4-5-7-10(9)19(11)3/h8H,4-7H2,1-3H3,(H,15,16,17). The Hall–Kier alpha value is -2.11. The van der Waals surface area contributed by atoms with Gasteiger partial charge in [0.15, 0.2) is 5.69 Å². The van der Waals surface area contributed by atoms with Gasteiger partial charge in [-0.1, -0.05) is 0 Å². The molecule has 2 aromatic rings. The molecule has 1 aliphatic carbocycles. The Morgan fingerprint density at radius 1 is 1.30 bits per heavy atom. The normalized spacial score (nSPS) is 14.2. The summed E-state index contributed by atoms with van der Waals surface area (Å²) >= 11 is 0. The molecule has 1 aliphatic rings. The van der Waals surface area contributed by atoms with E-state index in [4.69, 9.17) is 0 Å². The van der Waals surface area contributed by atoms with Crippen LogP contribution in [0.5, 0.6) is 0 Å². The Bertz CT molecular complexity index is 653. The third-order valence-electron chi connectivity index (χ3n) is 3.96. The Morgan fingerprint density at radius 2 is 2.05 bits per heavy atom. The van der Waals surface area contributed by atoms with Crippen LogP contribution < -0.4 is 0 Å². The second-order valence-corrected chi connectivity index (χ2v) is 5.49. The third-order valence-corrected chi connectivity index (χ3v) is 3.96. The van der Waals surface area contributed by atoms with Crippen LogP contribution >= 0.6 is 0 Å². The molecule has 0 atom stereocenters. The Morgan fingerprint density at radius 3 is 2.75 bits per heavy atom. The predicted octanol–water partition coefficient (Wildman–Crippen LogP) is 1.39. The van der Waals surface area contributed by atoms with Gasteiger partial charge in [0.2, 0.25) is 0 Å². The lowest BCUT2D eigenvalue weighted by atomic mass is 9.98. The minimum Gasteiger partial charge on any atom is -0.346 e. The van der Waals surface area contributed by atoms with Crippen molar-refractivity contribution >= 4 is 5.91 Å². The zero-order valence-corrected chi connectivity index (χ0v) is 12.1. The zero-order valence-electron chi connectivity index (χ0n) is 12.1. The minimum absolute atomic E-state index is 0.132. The first-order chi connectivity index (χ1) is 9.59. The first-order valence-electron chi connectivity index (χ1n) is 6.90. The lowest BCUT2D eigenvalue weighted by Gasteiger charge is -2.13. The van der Waals surface area contributed by atoms with Gasteiger partial charge in [0.25, 0.3) is 5.91 Å². The highest BCUT2D eigenvalue weighted by Crippen LogP contribution is 2.30. The van der Waals surface area contributed by atoms with Gasteiger partial charge >= 0.3 is 0 Å². The fourth-order valence-corrected chi connectivity index (χ4v) is 2.86. The minimum atomic E-state index is -0.132. The lowest BCUT2D eigenvalue weighted by Crippen LogP contribution is -2.23. The molecule has 20 heavy (non-hydrogen) atoms. The molecule has 3 rings (SSSR count). The molecule has 0 fully saturated rings. The van der Waals surface area contributed by atoms with E-state index in [1.54, 1.807) is 14.1 Å². The van der Waals surface area contributed by atoms with Gasteiger partial charge in [-0.25, -0.2) is 0 Å². The molecule has 2 aromatic heterocycles. The van der Waals surface area contributed by atoms with Crippen LogP contribution in [0, 0.1) is 0 Å². The van der Waals surface area contributed by atoms with E-state index in [1.165, 1.54) is 29.0 Å². The molecule has 1 N–H and O–H groups in total. The van der Waals surface area contributed by atoms with Crippen molar-refractivity contribution < 1.29 is 4.79 Å². The van der Waals surface area contributed by atoms with Gasteiger partial charge in [-0.2, -0.15) is 15.4 Å². The number of carbonyl (C=O) groups excluding carboxylic acids is 1. The van der Waals surface area contributed by atoms with Gasteiger partial charge in [0.1, 0.15) is 5.69 Å². The highest BCUT2D eigenvalue weighted by molar-refractivity contribution is 5.97. The van der Waals surface area contributed by atoms with Crippen molar-refractivity contribution in [1.29, 1.82) is 0 Å². The molecular formula is C14H19N5O. The molecule has 2 heterocycles. The molecule has 0 bridgehead atoms. The second-order valence-electron chi connectivity index (χ2n) is 5.49. The molecule has 0 spiro atoms. The van der Waals surface area contributed by atoms with Gasteiger partial charge in [-0.3, -0.25) is 4.79 Å². The smallest absolute Gasteiger partial charge is 0.276 e. The summed E-state index contributed by atoms with van der Waals surface area (Å²) in [6.07, 6.45) is 4.67. The number of carbonyl (C=O) groups is 1. The maximum atomic E-state index is 12.1. The number of aryl methyl sites for hydroxylation is 1. The van der Waals surface area contributed by atoms with Gasteiger partial charge in [0, 0.05) is 26.8 Å². The van der Waals surface area contributed by atoms with Gasteiger partial charge in [0.05, 0.1) is 5.69 Å². The Labute approximate surface area is 117 Å². The number of hydrogen-bond acceptors (Lipinski definition) is 3. The summed E-state index contributed by atoms with van der Waals surface area (Å²) in [7, 11) is 5.48. The topological polar surface area (TPSA) is 66.8 Å². The van der Waals surface area contributed by atoms with Gasteiger partial charge in [-0.15, -0.1) is 0 Å². The monoisotopic (exact) mass is 273 g/mol. The molecule has 0 saturated heterocycles. The molecule has 106 valence electrons. The average Bonchev–Trinajstić information content (AvgIpc) is 3.03. The SMILES string of the molecule is CN(C)C(=O)c1n[nH]nc1-c1cc2c(n1C)CCCC2. The zero-order chi connectivity index (χ0) is 14.3. The van der Waals surface area contributed by atoms with Crippen LogP contribution in [0.3, 0.4) is 0 Å². The summed E-state index contributed by atoms with van der Waals surface area (Å²) in [6.45, 7) is 0. The fourth-order valence-electron chi connectivity index (χ4n) is 2.86. The van der Waals surface area contributed by atoms with Crippen molar-refractivity contribution in [2.75, 3.05) is 14.1 Å². The van der Waals surface area contributed by atoms with Crippen LogP contribution in [0.25, 0.3) is 11.4 Å². The number of amides is 1. The van der Waals surface area contributed by atoms with E-state index in [1.807, 2.05) is 7.05 Å². The number of nitrogens with zero attached hydrogens (tertiary/aromatic N) is 4. The van der Waals surface area contributed by atoms with Gasteiger partial charge < -0.3 is 9.47 Å². The van der Waals surface area contributed by atoms with E-state index >= 15 is 0 Å². The quantitative estimate of drug-likeness (QED) is 0.899. The second kappa shape index (κ2) is 4.77. The summed E-state index contributed by atoms with van der Waals surface area (Å²) in [5.74, 6) is -0.132. The number of aromatic nitrogens is 4. The van der Waals surface area contributed by atoms with Crippen molar-refractivity contribution in [3.63, 3.8) is 0 Å². The molecule has 6 nitrogen and oxygen atoms in total. The number of nitrogens with one attached hydrogen (secondary N) is 1. The van der Waals surface area contributed by atoms with Crippen LogP contribution in [-0.2, 0) is 19.9 Å². The van der Waals surface area contributed by atoms with Crippen LogP contribution in [0.1, 0.15) is 34.6 Å². The van der Waals surface area contributed by atoms with Crippen molar-refractivity contribution in [2.45, 2.75) is 25.7 Å². The fraction of sp³-hybridized carbons (Fsp3) is 0.500. The van der Waals surface area contributed by atoms with E-state index in [2.05, 4.69) is 26.0 Å². The molecule has 0 unspecified atom stereocenters. The van der Waals surface area contributed by atoms with Crippen LogP contribution in [-0.4, -0.2) is 44.9 Å². The van der Waals surface area contributed by atoms with E-state index in [0.29, 0.717) is 11.4 Å². The largest absolute Gasteiger partial charge is 0.346 e. The summed E-state index contributed by atoms with van der Waals surface area (Å²) in [5, 5.41) is 10.8. The highest BCUT2D eigenvalue weighted by Gasteiger charge is 2.24. The summed E-state index contributed by atoms with van der Waals surface area (Å²) in [6, 6.07) is 2.15. The van der Waals surface area contributed by atoms with Crippen LogP contribution in [0.4, 0.5) is 0 Å². The Kier molecular flexibility index (Phi) is 3.08. The Balaban J connectivity index is 2.09. The molecule has 0 saturated carbocycles. The van der Waals surface area contributed by atoms with Crippen LogP contribution in [0.15, 0.2) is 6.07 Å². The van der Waals surface area contributed by atoms with Crippen molar-refractivity contribution in [1.82, 2.24) is 24.9 Å². The predicted molar refractivity (Wildman–Crippen MR) is 75.4 cm³/mol. The summed E-state index contributed by atoms with van der Waals surface area (Å²) < 4.78 is 2.15. The maximum Gasteiger partial charge on any atom is 0.276 e.